The van der Waals surface area contributed by atoms with Gasteiger partial charge in [-0.1, -0.05) is 24.3 Å². The molecule has 2 aromatic rings. The van der Waals surface area contributed by atoms with Crippen molar-refractivity contribution in [3.63, 3.8) is 0 Å². The van der Waals surface area contributed by atoms with Gasteiger partial charge in [-0.3, -0.25) is 0 Å². The quantitative estimate of drug-likeness (QED) is 0.825. The molecule has 3 rings (SSSR count). The van der Waals surface area contributed by atoms with E-state index in [2.05, 4.69) is 6.07 Å². The fourth-order valence-corrected chi connectivity index (χ4v) is 2.52. The van der Waals surface area contributed by atoms with Crippen molar-refractivity contribution in [2.75, 3.05) is 6.61 Å². The number of nitriles is 1. The van der Waals surface area contributed by atoms with Crippen LogP contribution in [0.4, 0.5) is 4.39 Å². The highest BCUT2D eigenvalue weighted by molar-refractivity contribution is 5.44. The highest BCUT2D eigenvalue weighted by atomic mass is 19.1. The average molecular weight is 267 g/mol. The molecule has 3 heteroatoms. The summed E-state index contributed by atoms with van der Waals surface area (Å²) in [7, 11) is 0. The van der Waals surface area contributed by atoms with Gasteiger partial charge in [-0.05, 0) is 35.7 Å². The second-order valence-corrected chi connectivity index (χ2v) is 4.92. The number of benzene rings is 2. The molecule has 2 nitrogen and oxygen atoms in total. The van der Waals surface area contributed by atoms with Gasteiger partial charge in [-0.15, -0.1) is 0 Å². The monoisotopic (exact) mass is 267 g/mol. The van der Waals surface area contributed by atoms with Gasteiger partial charge in [0.1, 0.15) is 11.9 Å². The predicted molar refractivity (Wildman–Crippen MR) is 74.4 cm³/mol. The molecule has 1 unspecified atom stereocenters. The first-order valence-electron chi connectivity index (χ1n) is 6.65. The molecule has 0 fully saturated rings. The van der Waals surface area contributed by atoms with Crippen LogP contribution in [0.5, 0.6) is 5.75 Å². The van der Waals surface area contributed by atoms with Crippen molar-refractivity contribution in [3.8, 4) is 11.8 Å². The van der Waals surface area contributed by atoms with E-state index in [-0.39, 0.29) is 0 Å². The minimum Gasteiger partial charge on any atom is -0.493 e. The van der Waals surface area contributed by atoms with E-state index in [1.165, 1.54) is 0 Å². The van der Waals surface area contributed by atoms with E-state index in [0.717, 1.165) is 11.1 Å². The summed E-state index contributed by atoms with van der Waals surface area (Å²) in [6.45, 7) is 0.435. The van der Waals surface area contributed by atoms with Crippen LogP contribution in [0.1, 0.15) is 34.8 Å². The lowest BCUT2D eigenvalue weighted by molar-refractivity contribution is 0.200. The Morgan fingerprint density at radius 3 is 2.95 bits per heavy atom. The van der Waals surface area contributed by atoms with Gasteiger partial charge in [-0.25, -0.2) is 4.39 Å². The van der Waals surface area contributed by atoms with Crippen LogP contribution < -0.4 is 4.74 Å². The molecule has 0 spiro atoms. The maximum atomic E-state index is 13.9. The summed E-state index contributed by atoms with van der Waals surface area (Å²) in [5, 5.41) is 9.10. The Hall–Kier alpha value is -2.34. The topological polar surface area (TPSA) is 33.0 Å². The summed E-state index contributed by atoms with van der Waals surface area (Å²) in [6.07, 6.45) is 0.0829. The first-order valence-corrected chi connectivity index (χ1v) is 6.65. The number of rotatable bonds is 2. The molecule has 100 valence electrons. The number of hydrogen-bond donors (Lipinski definition) is 0. The van der Waals surface area contributed by atoms with Crippen molar-refractivity contribution in [2.45, 2.75) is 19.0 Å². The van der Waals surface area contributed by atoms with Crippen molar-refractivity contribution >= 4 is 0 Å². The Morgan fingerprint density at radius 2 is 2.10 bits per heavy atom. The summed E-state index contributed by atoms with van der Waals surface area (Å²) in [5.41, 5.74) is 3.25. The number of ether oxygens (including phenoxy) is 1. The van der Waals surface area contributed by atoms with E-state index in [4.69, 9.17) is 10.00 Å². The van der Waals surface area contributed by atoms with Crippen molar-refractivity contribution < 1.29 is 9.13 Å². The number of nitrogens with zero attached hydrogens (tertiary/aromatic N) is 1. The van der Waals surface area contributed by atoms with Crippen LogP contribution in [0.2, 0.25) is 0 Å². The zero-order valence-corrected chi connectivity index (χ0v) is 11.0. The highest BCUT2D eigenvalue weighted by Gasteiger charge is 2.21. The maximum Gasteiger partial charge on any atom is 0.132 e. The number of fused-ring (bicyclic) bond motifs is 1. The smallest absolute Gasteiger partial charge is 0.132 e. The van der Waals surface area contributed by atoms with Gasteiger partial charge in [-0.2, -0.15) is 5.26 Å². The molecule has 0 saturated carbocycles. The molecule has 0 N–H and O–H groups in total. The summed E-state index contributed by atoms with van der Waals surface area (Å²) in [5.74, 6) is 0.640. The van der Waals surface area contributed by atoms with Crippen LogP contribution in [-0.4, -0.2) is 6.61 Å². The summed E-state index contributed by atoms with van der Waals surface area (Å²) >= 11 is 0. The van der Waals surface area contributed by atoms with Crippen LogP contribution in [0.15, 0.2) is 42.5 Å². The van der Waals surface area contributed by atoms with Gasteiger partial charge in [0.25, 0.3) is 0 Å². The second kappa shape index (κ2) is 5.34. The Labute approximate surface area is 117 Å². The zero-order chi connectivity index (χ0) is 13.9. The fourth-order valence-electron chi connectivity index (χ4n) is 2.52. The van der Waals surface area contributed by atoms with Crippen LogP contribution >= 0.6 is 0 Å². The second-order valence-electron chi connectivity index (χ2n) is 4.92. The molecular weight excluding hydrogens is 253 g/mol. The van der Waals surface area contributed by atoms with Gasteiger partial charge in [0, 0.05) is 12.0 Å². The summed E-state index contributed by atoms with van der Waals surface area (Å²) < 4.78 is 19.4. The van der Waals surface area contributed by atoms with Crippen LogP contribution in [0, 0.1) is 11.3 Å². The van der Waals surface area contributed by atoms with Crippen molar-refractivity contribution in [2.24, 2.45) is 0 Å². The average Bonchev–Trinajstić information content (AvgIpc) is 2.49. The molecule has 20 heavy (non-hydrogen) atoms. The Bertz CT molecular complexity index is 675. The molecule has 0 amide bonds. The van der Waals surface area contributed by atoms with E-state index in [1.807, 2.05) is 36.4 Å². The van der Waals surface area contributed by atoms with E-state index in [1.54, 1.807) is 6.07 Å². The number of hydrogen-bond acceptors (Lipinski definition) is 2. The van der Waals surface area contributed by atoms with Gasteiger partial charge < -0.3 is 4.74 Å². The molecule has 1 aliphatic rings. The van der Waals surface area contributed by atoms with E-state index < -0.39 is 6.17 Å². The van der Waals surface area contributed by atoms with E-state index in [9.17, 15) is 4.39 Å². The van der Waals surface area contributed by atoms with Crippen LogP contribution in [0.25, 0.3) is 0 Å². The zero-order valence-electron chi connectivity index (χ0n) is 11.0. The third-order valence-corrected chi connectivity index (χ3v) is 3.57. The van der Waals surface area contributed by atoms with Crippen LogP contribution in [0.3, 0.4) is 0 Å². The van der Waals surface area contributed by atoms with Crippen LogP contribution in [-0.2, 0) is 6.42 Å². The largest absolute Gasteiger partial charge is 0.493 e. The lowest BCUT2D eigenvalue weighted by Gasteiger charge is -2.21. The number of halogens is 1. The van der Waals surface area contributed by atoms with Crippen molar-refractivity contribution in [3.05, 3.63) is 64.7 Å². The normalized spacial score (nSPS) is 16.9. The SMILES string of the molecule is N#Cc1ccccc1Cc1ccc2c(c1)C(F)CCO2. The van der Waals surface area contributed by atoms with E-state index in [0.29, 0.717) is 36.3 Å². The lowest BCUT2D eigenvalue weighted by Crippen LogP contribution is -2.11. The van der Waals surface area contributed by atoms with Crippen molar-refractivity contribution in [1.82, 2.24) is 0 Å². The first kappa shape index (κ1) is 12.7. The molecule has 1 atom stereocenters. The minimum absolute atomic E-state index is 0.408. The Kier molecular flexibility index (Phi) is 3.39. The maximum absolute atomic E-state index is 13.9. The third kappa shape index (κ3) is 2.37. The number of alkyl halides is 1. The Morgan fingerprint density at radius 1 is 1.25 bits per heavy atom. The minimum atomic E-state index is -0.954. The third-order valence-electron chi connectivity index (χ3n) is 3.57. The van der Waals surface area contributed by atoms with Crippen molar-refractivity contribution in [1.29, 1.82) is 5.26 Å². The van der Waals surface area contributed by atoms with Gasteiger partial charge in [0.2, 0.25) is 0 Å². The molecule has 0 bridgehead atoms. The van der Waals surface area contributed by atoms with Gasteiger partial charge >= 0.3 is 0 Å². The molecule has 1 aliphatic heterocycles. The summed E-state index contributed by atoms with van der Waals surface area (Å²) in [4.78, 5) is 0. The molecule has 0 saturated heterocycles. The van der Waals surface area contributed by atoms with Gasteiger partial charge in [0.15, 0.2) is 0 Å². The van der Waals surface area contributed by atoms with E-state index >= 15 is 0 Å². The molecule has 1 heterocycles. The summed E-state index contributed by atoms with van der Waals surface area (Å²) in [6, 6.07) is 15.3. The molecule has 2 aromatic carbocycles. The standard InChI is InChI=1S/C17H14FNO/c18-16-7-8-20-17-6-5-12(10-15(16)17)9-13-3-1-2-4-14(13)11-19/h1-6,10,16H,7-9H2. The fraction of sp³-hybridized carbons (Fsp3) is 0.235. The van der Waals surface area contributed by atoms with Gasteiger partial charge in [0.05, 0.1) is 18.2 Å². The predicted octanol–water partition coefficient (Wildman–Crippen LogP) is 3.94. The molecule has 0 aromatic heterocycles. The molecule has 0 radical (unpaired) electrons. The molecular formula is C17H14FNO. The first-order chi connectivity index (χ1) is 9.78. The molecule has 0 aliphatic carbocycles. The Balaban J connectivity index is 1.92. The highest BCUT2D eigenvalue weighted by Crippen LogP contribution is 2.35. The lowest BCUT2D eigenvalue weighted by atomic mass is 9.96.